The van der Waals surface area contributed by atoms with Crippen molar-refractivity contribution in [3.8, 4) is 0 Å². The van der Waals surface area contributed by atoms with Gasteiger partial charge in [-0.3, -0.25) is 4.79 Å². The van der Waals surface area contributed by atoms with Crippen LogP contribution in [0.3, 0.4) is 0 Å². The van der Waals surface area contributed by atoms with E-state index in [-0.39, 0.29) is 22.1 Å². The van der Waals surface area contributed by atoms with Gasteiger partial charge in [-0.05, 0) is 42.9 Å². The lowest BCUT2D eigenvalue weighted by atomic mass is 9.77. The van der Waals surface area contributed by atoms with Gasteiger partial charge in [-0.25, -0.2) is 18.4 Å². The van der Waals surface area contributed by atoms with Gasteiger partial charge in [0.25, 0.3) is 5.91 Å². The number of halogens is 3. The molecule has 0 bridgehead atoms. The van der Waals surface area contributed by atoms with E-state index in [0.29, 0.717) is 24.9 Å². The molecule has 2 aliphatic rings. The SMILES string of the molecule is CS(=O)(=O)c1cc(NC(=O)c2cc(C(F)(F)F)cnc2N2C[C@H]3CC[C@H]3C2)ccn1. The summed E-state index contributed by atoms with van der Waals surface area (Å²) >= 11 is 0. The van der Waals surface area contributed by atoms with Gasteiger partial charge < -0.3 is 10.2 Å². The second-order valence-electron chi connectivity index (χ2n) is 7.70. The van der Waals surface area contributed by atoms with E-state index >= 15 is 0 Å². The predicted molar refractivity (Wildman–Crippen MR) is 103 cm³/mol. The molecule has 0 unspecified atom stereocenters. The van der Waals surface area contributed by atoms with E-state index < -0.39 is 27.5 Å². The Hall–Kier alpha value is -2.69. The Morgan fingerprint density at radius 3 is 2.40 bits per heavy atom. The minimum absolute atomic E-state index is 0.111. The summed E-state index contributed by atoms with van der Waals surface area (Å²) in [6.07, 6.45) is 0.390. The fraction of sp³-hybridized carbons (Fsp3) is 0.421. The topological polar surface area (TPSA) is 92.3 Å². The molecule has 3 heterocycles. The van der Waals surface area contributed by atoms with Gasteiger partial charge in [0.05, 0.1) is 11.1 Å². The van der Waals surface area contributed by atoms with Crippen LogP contribution in [0.15, 0.2) is 35.6 Å². The van der Waals surface area contributed by atoms with Crippen LogP contribution in [0.1, 0.15) is 28.8 Å². The maximum Gasteiger partial charge on any atom is 0.417 e. The fourth-order valence-corrected chi connectivity index (χ4v) is 4.45. The quantitative estimate of drug-likeness (QED) is 0.786. The lowest BCUT2D eigenvalue weighted by molar-refractivity contribution is -0.137. The highest BCUT2D eigenvalue weighted by Crippen LogP contribution is 2.42. The number of anilines is 2. The van der Waals surface area contributed by atoms with Crippen LogP contribution < -0.4 is 10.2 Å². The molecule has 1 amide bonds. The van der Waals surface area contributed by atoms with E-state index in [9.17, 15) is 26.4 Å². The first-order valence-electron chi connectivity index (χ1n) is 9.32. The maximum absolute atomic E-state index is 13.2. The molecule has 1 saturated carbocycles. The number of hydrogen-bond donors (Lipinski definition) is 1. The van der Waals surface area contributed by atoms with E-state index in [0.717, 1.165) is 37.4 Å². The largest absolute Gasteiger partial charge is 0.417 e. The lowest BCUT2D eigenvalue weighted by Crippen LogP contribution is -2.26. The smallest absolute Gasteiger partial charge is 0.355 e. The third kappa shape index (κ3) is 3.98. The van der Waals surface area contributed by atoms with Crippen molar-refractivity contribution < 1.29 is 26.4 Å². The van der Waals surface area contributed by atoms with Gasteiger partial charge >= 0.3 is 6.18 Å². The summed E-state index contributed by atoms with van der Waals surface area (Å²) < 4.78 is 63.0. The van der Waals surface area contributed by atoms with Crippen molar-refractivity contribution in [2.75, 3.05) is 29.6 Å². The van der Waals surface area contributed by atoms with Gasteiger partial charge in [-0.15, -0.1) is 0 Å². The Morgan fingerprint density at radius 2 is 1.83 bits per heavy atom. The number of alkyl halides is 3. The molecule has 1 N–H and O–H groups in total. The van der Waals surface area contributed by atoms with Crippen molar-refractivity contribution >= 4 is 27.2 Å². The molecule has 2 fully saturated rings. The summed E-state index contributed by atoms with van der Waals surface area (Å²) in [6, 6.07) is 3.31. The molecule has 1 aliphatic heterocycles. The zero-order chi connectivity index (χ0) is 21.7. The molecule has 0 spiro atoms. The maximum atomic E-state index is 13.2. The van der Waals surface area contributed by atoms with Gasteiger partial charge in [0, 0.05) is 37.4 Å². The molecule has 160 valence electrons. The lowest BCUT2D eigenvalue weighted by Gasteiger charge is -2.27. The number of carbonyl (C=O) groups excluding carboxylic acids is 1. The summed E-state index contributed by atoms with van der Waals surface area (Å²) in [5.41, 5.74) is -1.12. The highest BCUT2D eigenvalue weighted by atomic mass is 32.2. The molecular formula is C19H19F3N4O3S. The van der Waals surface area contributed by atoms with E-state index in [1.54, 1.807) is 0 Å². The number of pyridine rings is 2. The predicted octanol–water partition coefficient (Wildman–Crippen LogP) is 3.00. The van der Waals surface area contributed by atoms with Crippen LogP contribution in [0, 0.1) is 11.8 Å². The van der Waals surface area contributed by atoms with Crippen LogP contribution in [-0.4, -0.2) is 43.6 Å². The van der Waals surface area contributed by atoms with Gasteiger partial charge in [-0.2, -0.15) is 13.2 Å². The van der Waals surface area contributed by atoms with Gasteiger partial charge in [-0.1, -0.05) is 0 Å². The molecule has 7 nitrogen and oxygen atoms in total. The van der Waals surface area contributed by atoms with Crippen molar-refractivity contribution in [1.29, 1.82) is 0 Å². The minimum atomic E-state index is -4.65. The first kappa shape index (κ1) is 20.6. The summed E-state index contributed by atoms with van der Waals surface area (Å²) in [4.78, 5) is 22.5. The number of sulfone groups is 1. The van der Waals surface area contributed by atoms with Crippen LogP contribution in [0.2, 0.25) is 0 Å². The molecule has 0 radical (unpaired) electrons. The Balaban J connectivity index is 1.68. The highest BCUT2D eigenvalue weighted by Gasteiger charge is 2.41. The number of aromatic nitrogens is 2. The average molecular weight is 440 g/mol. The number of amides is 1. The molecule has 2 aromatic heterocycles. The van der Waals surface area contributed by atoms with Crippen LogP contribution in [0.4, 0.5) is 24.7 Å². The summed E-state index contributed by atoms with van der Waals surface area (Å²) in [5.74, 6) is 0.353. The van der Waals surface area contributed by atoms with E-state index in [1.807, 2.05) is 4.90 Å². The normalized spacial score (nSPS) is 21.1. The average Bonchev–Trinajstić information content (AvgIpc) is 2.94. The van der Waals surface area contributed by atoms with Crippen molar-refractivity contribution in [2.45, 2.75) is 24.0 Å². The Bertz CT molecular complexity index is 1090. The van der Waals surface area contributed by atoms with Gasteiger partial charge in [0.2, 0.25) is 0 Å². The fourth-order valence-electron chi connectivity index (χ4n) is 3.85. The number of hydrogen-bond acceptors (Lipinski definition) is 6. The molecule has 2 aromatic rings. The third-order valence-corrected chi connectivity index (χ3v) is 6.58. The summed E-state index contributed by atoms with van der Waals surface area (Å²) in [5, 5.41) is 2.22. The first-order chi connectivity index (χ1) is 14.0. The van der Waals surface area contributed by atoms with Gasteiger partial charge in [0.1, 0.15) is 5.82 Å². The van der Waals surface area contributed by atoms with Crippen molar-refractivity contribution in [3.63, 3.8) is 0 Å². The molecule has 1 saturated heterocycles. The van der Waals surface area contributed by atoms with Crippen molar-refractivity contribution in [1.82, 2.24) is 9.97 Å². The Kier molecular flexibility index (Phi) is 4.95. The molecule has 0 aromatic carbocycles. The minimum Gasteiger partial charge on any atom is -0.355 e. The summed E-state index contributed by atoms with van der Waals surface area (Å²) in [6.45, 7) is 1.30. The third-order valence-electron chi connectivity index (χ3n) is 5.60. The molecule has 30 heavy (non-hydrogen) atoms. The molecule has 1 aliphatic carbocycles. The second kappa shape index (κ2) is 7.22. The monoisotopic (exact) mass is 440 g/mol. The van der Waals surface area contributed by atoms with E-state index in [2.05, 4.69) is 15.3 Å². The second-order valence-corrected chi connectivity index (χ2v) is 9.67. The molecule has 4 rings (SSSR count). The molecule has 2 atom stereocenters. The van der Waals surface area contributed by atoms with Crippen molar-refractivity contribution in [3.05, 3.63) is 41.7 Å². The standard InChI is InChI=1S/C19H19F3N4O3S/c1-30(28,29)16-7-14(4-5-23-16)25-18(27)15-6-13(19(20,21)22)8-24-17(15)26-9-11-2-3-12(11)10-26/h4-8,11-12H,2-3,9-10H2,1H3,(H,23,25,27)/t11-,12+. The molecular weight excluding hydrogens is 421 g/mol. The van der Waals surface area contributed by atoms with Crippen LogP contribution in [0.5, 0.6) is 0 Å². The van der Waals surface area contributed by atoms with E-state index in [4.69, 9.17) is 0 Å². The van der Waals surface area contributed by atoms with Crippen LogP contribution in [0.25, 0.3) is 0 Å². The Morgan fingerprint density at radius 1 is 1.17 bits per heavy atom. The zero-order valence-electron chi connectivity index (χ0n) is 16.0. The number of rotatable bonds is 4. The number of fused-ring (bicyclic) bond motifs is 1. The zero-order valence-corrected chi connectivity index (χ0v) is 16.8. The number of nitrogens with one attached hydrogen (secondary N) is 1. The van der Waals surface area contributed by atoms with Gasteiger partial charge in [0.15, 0.2) is 14.9 Å². The first-order valence-corrected chi connectivity index (χ1v) is 11.2. The van der Waals surface area contributed by atoms with Crippen LogP contribution in [-0.2, 0) is 16.0 Å². The summed E-state index contributed by atoms with van der Waals surface area (Å²) in [7, 11) is -3.61. The van der Waals surface area contributed by atoms with Crippen molar-refractivity contribution in [2.24, 2.45) is 11.8 Å². The number of carbonyl (C=O) groups is 1. The van der Waals surface area contributed by atoms with E-state index in [1.165, 1.54) is 12.3 Å². The Labute approximate surface area is 171 Å². The molecule has 11 heteroatoms. The highest BCUT2D eigenvalue weighted by molar-refractivity contribution is 7.90. The number of nitrogens with zero attached hydrogens (tertiary/aromatic N) is 3. The van der Waals surface area contributed by atoms with Crippen LogP contribution >= 0.6 is 0 Å².